The van der Waals surface area contributed by atoms with Gasteiger partial charge in [0.2, 0.25) is 5.91 Å². The third-order valence-corrected chi connectivity index (χ3v) is 7.47. The highest BCUT2D eigenvalue weighted by atomic mass is 32.1. The lowest BCUT2D eigenvalue weighted by molar-refractivity contribution is -0.140. The summed E-state index contributed by atoms with van der Waals surface area (Å²) >= 11 is 1.56. The van der Waals surface area contributed by atoms with E-state index in [2.05, 4.69) is 0 Å². The van der Waals surface area contributed by atoms with Crippen molar-refractivity contribution in [1.82, 2.24) is 14.4 Å². The lowest BCUT2D eigenvalue weighted by Crippen LogP contribution is -2.56. The third kappa shape index (κ3) is 5.20. The molecule has 0 aliphatic carbocycles. The Kier molecular flexibility index (Phi) is 7.16. The van der Waals surface area contributed by atoms with Gasteiger partial charge in [0, 0.05) is 37.6 Å². The molecule has 4 aromatic rings. The summed E-state index contributed by atoms with van der Waals surface area (Å²) in [5.74, 6) is -0.438. The Balaban J connectivity index is 1.24. The molecule has 186 valence electrons. The molecule has 3 heterocycles. The molecule has 8 heteroatoms. The Bertz CT molecular complexity index is 1370. The van der Waals surface area contributed by atoms with Gasteiger partial charge in [0.25, 0.3) is 5.91 Å². The van der Waals surface area contributed by atoms with E-state index in [1.54, 1.807) is 27.2 Å². The quantitative estimate of drug-likeness (QED) is 0.363. The van der Waals surface area contributed by atoms with E-state index in [9.17, 15) is 14.0 Å². The highest BCUT2D eigenvalue weighted by Gasteiger charge is 2.31. The molecule has 0 spiro atoms. The maximum Gasteiger partial charge on any atom is 0.270 e. The summed E-state index contributed by atoms with van der Waals surface area (Å²) in [6.45, 7) is 4.13. The van der Waals surface area contributed by atoms with Crippen LogP contribution in [-0.2, 0) is 22.7 Å². The molecule has 1 aliphatic rings. The molecule has 1 saturated heterocycles. The van der Waals surface area contributed by atoms with Gasteiger partial charge >= 0.3 is 0 Å². The topological polar surface area (TPSA) is 54.8 Å². The number of amides is 2. The van der Waals surface area contributed by atoms with E-state index in [1.165, 1.54) is 12.1 Å². The van der Waals surface area contributed by atoms with Gasteiger partial charge in [-0.1, -0.05) is 42.5 Å². The zero-order valence-electron chi connectivity index (χ0n) is 20.1. The molecule has 2 aromatic carbocycles. The second-order valence-corrected chi connectivity index (χ2v) is 9.99. The standard InChI is InChI=1S/C28H28FN3O3S/c1-20-16-30(11-12-31(20)26(33)19-35-18-21-6-3-2-4-7-21)27(34)25-15-23-10-13-36-28(23)32(25)17-22-8-5-9-24(29)14-22/h2-10,13-15,20H,11-12,16-19H2,1H3. The van der Waals surface area contributed by atoms with E-state index in [4.69, 9.17) is 4.74 Å². The molecule has 1 aliphatic heterocycles. The molecule has 0 bridgehead atoms. The highest BCUT2D eigenvalue weighted by Crippen LogP contribution is 2.28. The van der Waals surface area contributed by atoms with Crippen molar-refractivity contribution in [2.75, 3.05) is 26.2 Å². The zero-order valence-corrected chi connectivity index (χ0v) is 20.9. The van der Waals surface area contributed by atoms with Gasteiger partial charge in [-0.15, -0.1) is 11.3 Å². The summed E-state index contributed by atoms with van der Waals surface area (Å²) < 4.78 is 21.4. The number of fused-ring (bicyclic) bond motifs is 1. The molecule has 0 N–H and O–H groups in total. The molecule has 1 atom stereocenters. The Hall–Kier alpha value is -3.49. The molecule has 2 aromatic heterocycles. The first kappa shape index (κ1) is 24.2. The maximum atomic E-state index is 13.8. The summed E-state index contributed by atoms with van der Waals surface area (Å²) in [5.41, 5.74) is 2.41. The van der Waals surface area contributed by atoms with Crippen LogP contribution in [0, 0.1) is 5.82 Å². The molecule has 2 amide bonds. The van der Waals surface area contributed by atoms with Crippen LogP contribution in [0.4, 0.5) is 4.39 Å². The lowest BCUT2D eigenvalue weighted by Gasteiger charge is -2.40. The Morgan fingerprint density at radius 3 is 2.61 bits per heavy atom. The van der Waals surface area contributed by atoms with Crippen LogP contribution in [0.2, 0.25) is 0 Å². The third-order valence-electron chi connectivity index (χ3n) is 6.52. The molecule has 0 saturated carbocycles. The summed E-state index contributed by atoms with van der Waals surface area (Å²) in [7, 11) is 0. The normalized spacial score (nSPS) is 16.0. The van der Waals surface area contributed by atoms with Gasteiger partial charge in [-0.25, -0.2) is 4.39 Å². The number of aromatic nitrogens is 1. The van der Waals surface area contributed by atoms with Crippen molar-refractivity contribution in [3.8, 4) is 0 Å². The van der Waals surface area contributed by atoms with Crippen molar-refractivity contribution in [1.29, 1.82) is 0 Å². The lowest BCUT2D eigenvalue weighted by atomic mass is 10.1. The summed E-state index contributed by atoms with van der Waals surface area (Å²) in [6, 6.07) is 20.0. The van der Waals surface area contributed by atoms with Gasteiger partial charge in [-0.2, -0.15) is 0 Å². The number of ether oxygens (including phenoxy) is 1. The molecule has 0 radical (unpaired) electrons. The van der Waals surface area contributed by atoms with Crippen molar-refractivity contribution in [3.05, 3.63) is 94.7 Å². The molecule has 1 unspecified atom stereocenters. The van der Waals surface area contributed by atoms with Gasteiger partial charge in [-0.3, -0.25) is 9.59 Å². The van der Waals surface area contributed by atoms with E-state index in [0.29, 0.717) is 38.5 Å². The van der Waals surface area contributed by atoms with Crippen LogP contribution in [0.15, 0.2) is 72.1 Å². The second-order valence-electron chi connectivity index (χ2n) is 9.09. The Labute approximate surface area is 213 Å². The fourth-order valence-corrected chi connectivity index (χ4v) is 5.61. The summed E-state index contributed by atoms with van der Waals surface area (Å²) in [6.07, 6.45) is 0. The molecular weight excluding hydrogens is 477 g/mol. The van der Waals surface area contributed by atoms with E-state index < -0.39 is 0 Å². The predicted molar refractivity (Wildman–Crippen MR) is 138 cm³/mol. The number of hydrogen-bond donors (Lipinski definition) is 0. The largest absolute Gasteiger partial charge is 0.367 e. The molecule has 36 heavy (non-hydrogen) atoms. The van der Waals surface area contributed by atoms with Crippen molar-refractivity contribution in [3.63, 3.8) is 0 Å². The zero-order chi connectivity index (χ0) is 25.1. The molecule has 1 fully saturated rings. The number of piperazine rings is 1. The number of rotatable bonds is 7. The minimum absolute atomic E-state index is 0.0138. The van der Waals surface area contributed by atoms with Crippen molar-refractivity contribution in [2.45, 2.75) is 26.1 Å². The number of hydrogen-bond acceptors (Lipinski definition) is 4. The summed E-state index contributed by atoms with van der Waals surface area (Å²) in [5, 5.41) is 2.99. The van der Waals surface area contributed by atoms with Crippen molar-refractivity contribution < 1.29 is 18.7 Å². The number of benzene rings is 2. The smallest absolute Gasteiger partial charge is 0.270 e. The summed E-state index contributed by atoms with van der Waals surface area (Å²) in [4.78, 5) is 31.0. The van der Waals surface area contributed by atoms with Gasteiger partial charge in [0.1, 0.15) is 22.9 Å². The molecular formula is C28H28FN3O3S. The number of thiophene rings is 1. The van der Waals surface area contributed by atoms with E-state index in [-0.39, 0.29) is 30.3 Å². The average Bonchev–Trinajstić information content (AvgIpc) is 3.47. The minimum atomic E-state index is -0.294. The molecule has 5 rings (SSSR count). The van der Waals surface area contributed by atoms with Crippen LogP contribution in [-0.4, -0.2) is 58.5 Å². The van der Waals surface area contributed by atoms with Crippen LogP contribution < -0.4 is 0 Å². The van der Waals surface area contributed by atoms with Gasteiger partial charge in [0.05, 0.1) is 6.61 Å². The first-order valence-electron chi connectivity index (χ1n) is 12.0. The predicted octanol–water partition coefficient (Wildman–Crippen LogP) is 4.78. The van der Waals surface area contributed by atoms with Crippen molar-refractivity contribution >= 4 is 33.4 Å². The fraction of sp³-hybridized carbons (Fsp3) is 0.286. The van der Waals surface area contributed by atoms with E-state index in [0.717, 1.165) is 21.3 Å². The van der Waals surface area contributed by atoms with Crippen LogP contribution in [0.3, 0.4) is 0 Å². The van der Waals surface area contributed by atoms with Crippen LogP contribution in [0.5, 0.6) is 0 Å². The first-order valence-corrected chi connectivity index (χ1v) is 12.9. The Morgan fingerprint density at radius 2 is 1.83 bits per heavy atom. The number of nitrogens with zero attached hydrogens (tertiary/aromatic N) is 3. The van der Waals surface area contributed by atoms with Gasteiger partial charge in [-0.05, 0) is 47.7 Å². The monoisotopic (exact) mass is 505 g/mol. The van der Waals surface area contributed by atoms with E-state index >= 15 is 0 Å². The maximum absolute atomic E-state index is 13.8. The number of halogens is 1. The second kappa shape index (κ2) is 10.6. The first-order chi connectivity index (χ1) is 17.5. The van der Waals surface area contributed by atoms with E-state index in [1.807, 2.05) is 65.4 Å². The van der Waals surface area contributed by atoms with Crippen LogP contribution in [0.1, 0.15) is 28.5 Å². The highest BCUT2D eigenvalue weighted by molar-refractivity contribution is 7.16. The van der Waals surface area contributed by atoms with Crippen LogP contribution in [0.25, 0.3) is 10.2 Å². The van der Waals surface area contributed by atoms with Crippen molar-refractivity contribution in [2.24, 2.45) is 0 Å². The Morgan fingerprint density at radius 1 is 1.03 bits per heavy atom. The number of carbonyl (C=O) groups excluding carboxylic acids is 2. The minimum Gasteiger partial charge on any atom is -0.367 e. The average molecular weight is 506 g/mol. The van der Waals surface area contributed by atoms with Crippen LogP contribution >= 0.6 is 11.3 Å². The van der Waals surface area contributed by atoms with Gasteiger partial charge in [0.15, 0.2) is 0 Å². The SMILES string of the molecule is CC1CN(C(=O)c2cc3ccsc3n2Cc2cccc(F)c2)CCN1C(=O)COCc1ccccc1. The van der Waals surface area contributed by atoms with Gasteiger partial charge < -0.3 is 19.1 Å². The molecule has 6 nitrogen and oxygen atoms in total. The number of carbonyl (C=O) groups is 2. The fourth-order valence-electron chi connectivity index (χ4n) is 4.72.